The van der Waals surface area contributed by atoms with Gasteiger partial charge in [0.25, 0.3) is 0 Å². The first-order valence-electron chi connectivity index (χ1n) is 6.91. The summed E-state index contributed by atoms with van der Waals surface area (Å²) in [6.45, 7) is 1.15. The van der Waals surface area contributed by atoms with Crippen molar-refractivity contribution in [2.45, 2.75) is 25.7 Å². The first-order valence-corrected chi connectivity index (χ1v) is 7.32. The van der Waals surface area contributed by atoms with Crippen molar-refractivity contribution < 1.29 is 9.53 Å². The van der Waals surface area contributed by atoms with Crippen molar-refractivity contribution in [1.29, 1.82) is 0 Å². The van der Waals surface area contributed by atoms with Crippen LogP contribution in [-0.4, -0.2) is 24.0 Å². The Hall–Kier alpha value is -1.62. The third kappa shape index (κ3) is 3.28. The fourth-order valence-corrected chi connectivity index (χ4v) is 2.56. The van der Waals surface area contributed by atoms with Crippen molar-refractivity contribution in [2.75, 3.05) is 13.2 Å². The second-order valence-electron chi connectivity index (χ2n) is 5.07. The lowest BCUT2D eigenvalue weighted by molar-refractivity contribution is -0.130. The van der Waals surface area contributed by atoms with Crippen LogP contribution in [0.1, 0.15) is 25.7 Å². The van der Waals surface area contributed by atoms with Gasteiger partial charge in [0.1, 0.15) is 5.75 Å². The van der Waals surface area contributed by atoms with Crippen molar-refractivity contribution in [3.8, 4) is 5.75 Å². The molecule has 0 unspecified atom stereocenters. The molecule has 1 saturated carbocycles. The second-order valence-corrected chi connectivity index (χ2v) is 5.51. The molecule has 1 aromatic carbocycles. The minimum absolute atomic E-state index is 0.0315. The lowest BCUT2D eigenvalue weighted by atomic mass is 9.68. The van der Waals surface area contributed by atoms with Crippen LogP contribution in [0.3, 0.4) is 0 Å². The molecular weight excluding hydrogens is 272 g/mol. The highest BCUT2D eigenvalue weighted by Crippen LogP contribution is 2.41. The van der Waals surface area contributed by atoms with Gasteiger partial charge >= 0.3 is 0 Å². The predicted octanol–water partition coefficient (Wildman–Crippen LogP) is 2.03. The summed E-state index contributed by atoms with van der Waals surface area (Å²) in [5, 5.41) is 2.91. The molecule has 1 aromatic rings. The van der Waals surface area contributed by atoms with E-state index in [-0.39, 0.29) is 5.91 Å². The van der Waals surface area contributed by atoms with E-state index in [0.717, 1.165) is 31.4 Å². The number of benzene rings is 1. The van der Waals surface area contributed by atoms with Crippen LogP contribution in [0.2, 0.25) is 0 Å². The summed E-state index contributed by atoms with van der Waals surface area (Å²) in [6, 6.07) is 9.63. The summed E-state index contributed by atoms with van der Waals surface area (Å²) in [5.74, 6) is 0.813. The Bertz CT molecular complexity index is 472. The Morgan fingerprint density at radius 3 is 2.60 bits per heavy atom. The summed E-state index contributed by atoms with van der Waals surface area (Å²) in [4.78, 5) is 12.4. The van der Waals surface area contributed by atoms with E-state index in [4.69, 9.17) is 22.7 Å². The van der Waals surface area contributed by atoms with Gasteiger partial charge in [-0.2, -0.15) is 0 Å². The van der Waals surface area contributed by atoms with Crippen LogP contribution in [0.15, 0.2) is 30.3 Å². The number of thiocarbonyl (C=S) groups is 1. The molecule has 0 aliphatic heterocycles. The first-order chi connectivity index (χ1) is 9.65. The number of rotatable bonds is 7. The molecule has 0 spiro atoms. The van der Waals surface area contributed by atoms with Crippen molar-refractivity contribution in [1.82, 2.24) is 5.32 Å². The van der Waals surface area contributed by atoms with Crippen LogP contribution >= 0.6 is 12.2 Å². The van der Waals surface area contributed by atoms with E-state index in [9.17, 15) is 4.79 Å². The lowest BCUT2D eigenvalue weighted by Gasteiger charge is -2.39. The Labute approximate surface area is 124 Å². The summed E-state index contributed by atoms with van der Waals surface area (Å²) >= 11 is 5.01. The number of carbonyl (C=O) groups excluding carboxylic acids is 1. The molecule has 5 heteroatoms. The molecule has 1 amide bonds. The lowest BCUT2D eigenvalue weighted by Crippen LogP contribution is -2.53. The second kappa shape index (κ2) is 6.70. The molecule has 1 aliphatic carbocycles. The van der Waals surface area contributed by atoms with Gasteiger partial charge in [-0.25, -0.2) is 0 Å². The van der Waals surface area contributed by atoms with Crippen molar-refractivity contribution in [3.63, 3.8) is 0 Å². The Kier molecular flexibility index (Phi) is 4.95. The molecule has 0 heterocycles. The molecule has 0 saturated heterocycles. The van der Waals surface area contributed by atoms with E-state index in [2.05, 4.69) is 5.32 Å². The van der Waals surface area contributed by atoms with E-state index in [0.29, 0.717) is 18.1 Å². The number of amides is 1. The van der Waals surface area contributed by atoms with Crippen LogP contribution < -0.4 is 15.8 Å². The van der Waals surface area contributed by atoms with E-state index < -0.39 is 5.41 Å². The molecular formula is C15H20N2O2S. The van der Waals surface area contributed by atoms with Crippen LogP contribution in [0.25, 0.3) is 0 Å². The molecule has 1 fully saturated rings. The molecule has 0 atom stereocenters. The topological polar surface area (TPSA) is 64.4 Å². The predicted molar refractivity (Wildman–Crippen MR) is 82.6 cm³/mol. The molecule has 20 heavy (non-hydrogen) atoms. The Morgan fingerprint density at radius 1 is 1.35 bits per heavy atom. The summed E-state index contributed by atoms with van der Waals surface area (Å²) < 4.78 is 5.56. The quantitative estimate of drug-likeness (QED) is 0.596. The summed E-state index contributed by atoms with van der Waals surface area (Å²) in [6.07, 6.45) is 3.32. The number of hydrogen-bond acceptors (Lipinski definition) is 3. The molecule has 0 aromatic heterocycles. The average molecular weight is 292 g/mol. The van der Waals surface area contributed by atoms with Gasteiger partial charge in [0, 0.05) is 6.54 Å². The molecule has 0 radical (unpaired) electrons. The van der Waals surface area contributed by atoms with Gasteiger partial charge < -0.3 is 15.8 Å². The minimum Gasteiger partial charge on any atom is -0.494 e. The normalized spacial score (nSPS) is 16.0. The van der Waals surface area contributed by atoms with Crippen LogP contribution in [-0.2, 0) is 4.79 Å². The highest BCUT2D eigenvalue weighted by atomic mass is 32.1. The van der Waals surface area contributed by atoms with Crippen LogP contribution in [0, 0.1) is 5.41 Å². The fraction of sp³-hybridized carbons (Fsp3) is 0.467. The molecule has 1 aliphatic rings. The molecule has 0 bridgehead atoms. The third-order valence-corrected chi connectivity index (χ3v) is 4.12. The molecule has 3 N–H and O–H groups in total. The van der Waals surface area contributed by atoms with Gasteiger partial charge in [-0.05, 0) is 31.4 Å². The average Bonchev–Trinajstić information content (AvgIpc) is 2.37. The molecule has 4 nitrogen and oxygen atoms in total. The zero-order valence-electron chi connectivity index (χ0n) is 11.4. The van der Waals surface area contributed by atoms with Gasteiger partial charge in [-0.15, -0.1) is 0 Å². The zero-order chi connectivity index (χ0) is 14.4. The monoisotopic (exact) mass is 292 g/mol. The fourth-order valence-electron chi connectivity index (χ4n) is 2.27. The third-order valence-electron chi connectivity index (χ3n) is 3.73. The van der Waals surface area contributed by atoms with E-state index >= 15 is 0 Å². The van der Waals surface area contributed by atoms with Crippen LogP contribution in [0.4, 0.5) is 0 Å². The van der Waals surface area contributed by atoms with Crippen LogP contribution in [0.5, 0.6) is 5.75 Å². The molecule has 108 valence electrons. The number of nitrogens with one attached hydrogen (secondary N) is 1. The van der Waals surface area contributed by atoms with Gasteiger partial charge in [-0.3, -0.25) is 4.79 Å². The van der Waals surface area contributed by atoms with Crippen molar-refractivity contribution in [3.05, 3.63) is 30.3 Å². The van der Waals surface area contributed by atoms with Gasteiger partial charge in [0.05, 0.1) is 17.0 Å². The highest BCUT2D eigenvalue weighted by molar-refractivity contribution is 7.80. The van der Waals surface area contributed by atoms with Crippen molar-refractivity contribution in [2.24, 2.45) is 11.1 Å². The largest absolute Gasteiger partial charge is 0.494 e. The number of nitrogens with two attached hydrogens (primary N) is 1. The highest BCUT2D eigenvalue weighted by Gasteiger charge is 2.46. The maximum Gasteiger partial charge on any atom is 0.233 e. The number of para-hydroxylation sites is 1. The van der Waals surface area contributed by atoms with E-state index in [1.165, 1.54) is 0 Å². The smallest absolute Gasteiger partial charge is 0.233 e. The van der Waals surface area contributed by atoms with Gasteiger partial charge in [-0.1, -0.05) is 36.8 Å². The zero-order valence-corrected chi connectivity index (χ0v) is 12.2. The van der Waals surface area contributed by atoms with E-state index in [1.807, 2.05) is 30.3 Å². The number of ether oxygens (including phenoxy) is 1. The van der Waals surface area contributed by atoms with Gasteiger partial charge in [0.15, 0.2) is 0 Å². The number of hydrogen-bond donors (Lipinski definition) is 2. The van der Waals surface area contributed by atoms with E-state index in [1.54, 1.807) is 0 Å². The summed E-state index contributed by atoms with van der Waals surface area (Å²) in [5.41, 5.74) is 5.10. The van der Waals surface area contributed by atoms with Gasteiger partial charge in [0.2, 0.25) is 5.91 Å². The maximum absolute atomic E-state index is 12.1. The first kappa shape index (κ1) is 14.8. The number of carbonyl (C=O) groups is 1. The maximum atomic E-state index is 12.1. The Morgan fingerprint density at radius 2 is 2.05 bits per heavy atom. The molecule has 2 rings (SSSR count). The Balaban J connectivity index is 1.66. The SMILES string of the molecule is NC(=S)C1(C(=O)NCCCOc2ccccc2)CCC1. The summed E-state index contributed by atoms with van der Waals surface area (Å²) in [7, 11) is 0. The minimum atomic E-state index is -0.588. The standard InChI is InChI=1S/C15H20N2O2S/c16-13(20)15(8-4-9-15)14(18)17-10-5-11-19-12-6-2-1-3-7-12/h1-3,6-7H,4-5,8-11H2,(H2,16,20)(H,17,18). The van der Waals surface area contributed by atoms with Crippen molar-refractivity contribution >= 4 is 23.1 Å².